The number of rotatable bonds is 2. The number of carbonyl (C=O) groups is 3. The molecular weight excluding hydrogens is 368 g/mol. The molecule has 1 saturated heterocycles. The molecule has 29 heavy (non-hydrogen) atoms. The number of anilines is 1. The van der Waals surface area contributed by atoms with E-state index in [1.165, 1.54) is 0 Å². The number of pyridine rings is 1. The van der Waals surface area contributed by atoms with Crippen LogP contribution in [0.5, 0.6) is 0 Å². The van der Waals surface area contributed by atoms with E-state index >= 15 is 0 Å². The van der Waals surface area contributed by atoms with Crippen LogP contribution >= 0.6 is 0 Å². The first-order valence-corrected chi connectivity index (χ1v) is 9.44. The van der Waals surface area contributed by atoms with Crippen molar-refractivity contribution in [1.29, 1.82) is 0 Å². The maximum absolute atomic E-state index is 13.0. The molecule has 0 spiro atoms. The molecule has 1 atom stereocenters. The summed E-state index contributed by atoms with van der Waals surface area (Å²) in [5, 5.41) is 3.29. The second kappa shape index (κ2) is 6.41. The molecule has 1 fully saturated rings. The van der Waals surface area contributed by atoms with E-state index in [4.69, 9.17) is 5.73 Å². The minimum Gasteiger partial charge on any atom is -0.384 e. The highest BCUT2D eigenvalue weighted by molar-refractivity contribution is 6.06. The van der Waals surface area contributed by atoms with Crippen molar-refractivity contribution in [2.45, 2.75) is 25.4 Å². The minimum atomic E-state index is -0.621. The lowest BCUT2D eigenvalue weighted by Gasteiger charge is -2.29. The van der Waals surface area contributed by atoms with E-state index in [1.54, 1.807) is 17.0 Å². The predicted octanol–water partition coefficient (Wildman–Crippen LogP) is 2.25. The fraction of sp³-hybridized carbons (Fsp3) is 0.182. The van der Waals surface area contributed by atoms with Crippen molar-refractivity contribution in [3.8, 4) is 11.1 Å². The Labute approximate surface area is 166 Å². The Morgan fingerprint density at radius 3 is 2.69 bits per heavy atom. The van der Waals surface area contributed by atoms with E-state index < -0.39 is 11.9 Å². The summed E-state index contributed by atoms with van der Waals surface area (Å²) in [6, 6.07) is 14.6. The van der Waals surface area contributed by atoms with Gasteiger partial charge in [0.05, 0.1) is 5.52 Å². The third kappa shape index (κ3) is 2.82. The zero-order valence-corrected chi connectivity index (χ0v) is 15.5. The average Bonchev–Trinajstić information content (AvgIpc) is 3.04. The molecule has 2 aliphatic rings. The van der Waals surface area contributed by atoms with Crippen molar-refractivity contribution in [3.05, 3.63) is 59.7 Å². The average molecular weight is 386 g/mol. The number of hydrogen-bond acceptors (Lipinski definition) is 5. The highest BCUT2D eigenvalue weighted by Crippen LogP contribution is 2.35. The summed E-state index contributed by atoms with van der Waals surface area (Å²) < 4.78 is 0. The number of benzene rings is 2. The van der Waals surface area contributed by atoms with Crippen LogP contribution in [-0.4, -0.2) is 33.6 Å². The summed E-state index contributed by atoms with van der Waals surface area (Å²) >= 11 is 0. The van der Waals surface area contributed by atoms with Gasteiger partial charge in [-0.1, -0.05) is 18.2 Å². The fourth-order valence-electron chi connectivity index (χ4n) is 4.16. The van der Waals surface area contributed by atoms with Crippen molar-refractivity contribution in [2.24, 2.45) is 0 Å². The molecule has 7 nitrogen and oxygen atoms in total. The lowest BCUT2D eigenvalue weighted by atomic mass is 9.96. The quantitative estimate of drug-likeness (QED) is 0.657. The second-order valence-corrected chi connectivity index (χ2v) is 7.38. The Morgan fingerprint density at radius 1 is 1.03 bits per heavy atom. The molecule has 144 valence electrons. The van der Waals surface area contributed by atoms with Crippen LogP contribution < -0.4 is 11.1 Å². The SMILES string of the molecule is Nc1ccc2cc(-c3cccc4c3CN(C3CCC(=O)NC3=O)C4=O)ccc2n1. The molecule has 1 unspecified atom stereocenters. The van der Waals surface area contributed by atoms with Gasteiger partial charge in [-0.2, -0.15) is 0 Å². The topological polar surface area (TPSA) is 105 Å². The number of fused-ring (bicyclic) bond motifs is 2. The smallest absolute Gasteiger partial charge is 0.255 e. The zero-order chi connectivity index (χ0) is 20.1. The van der Waals surface area contributed by atoms with Crippen molar-refractivity contribution in [3.63, 3.8) is 0 Å². The van der Waals surface area contributed by atoms with Gasteiger partial charge in [0.25, 0.3) is 5.91 Å². The summed E-state index contributed by atoms with van der Waals surface area (Å²) in [4.78, 5) is 42.6. The van der Waals surface area contributed by atoms with Crippen LogP contribution in [-0.2, 0) is 16.1 Å². The zero-order valence-electron chi connectivity index (χ0n) is 15.5. The number of carbonyl (C=O) groups excluding carboxylic acids is 3. The number of imide groups is 1. The van der Waals surface area contributed by atoms with Crippen LogP contribution in [0, 0.1) is 0 Å². The Morgan fingerprint density at radius 2 is 1.86 bits per heavy atom. The number of nitrogens with zero attached hydrogens (tertiary/aromatic N) is 2. The van der Waals surface area contributed by atoms with Gasteiger partial charge < -0.3 is 10.6 Å². The molecule has 2 aliphatic heterocycles. The molecule has 3 N–H and O–H groups in total. The number of hydrogen-bond donors (Lipinski definition) is 2. The fourth-order valence-corrected chi connectivity index (χ4v) is 4.16. The molecule has 2 aromatic carbocycles. The first-order chi connectivity index (χ1) is 14.0. The predicted molar refractivity (Wildman–Crippen MR) is 108 cm³/mol. The van der Waals surface area contributed by atoms with Crippen LogP contribution in [0.1, 0.15) is 28.8 Å². The minimum absolute atomic E-state index is 0.174. The van der Waals surface area contributed by atoms with Gasteiger partial charge in [0.15, 0.2) is 0 Å². The van der Waals surface area contributed by atoms with Crippen LogP contribution in [0.4, 0.5) is 5.82 Å². The maximum Gasteiger partial charge on any atom is 0.255 e. The lowest BCUT2D eigenvalue weighted by Crippen LogP contribution is -2.52. The maximum atomic E-state index is 13.0. The number of nitrogens with two attached hydrogens (primary N) is 1. The Kier molecular flexibility index (Phi) is 3.84. The molecule has 5 rings (SSSR count). The number of aromatic nitrogens is 1. The Hall–Kier alpha value is -3.74. The van der Waals surface area contributed by atoms with Crippen LogP contribution in [0.15, 0.2) is 48.5 Å². The van der Waals surface area contributed by atoms with E-state index in [9.17, 15) is 14.4 Å². The van der Waals surface area contributed by atoms with Gasteiger partial charge in [-0.3, -0.25) is 19.7 Å². The summed E-state index contributed by atoms with van der Waals surface area (Å²) in [7, 11) is 0. The Bertz CT molecular complexity index is 1200. The van der Waals surface area contributed by atoms with Gasteiger partial charge in [0, 0.05) is 23.9 Å². The highest BCUT2D eigenvalue weighted by Gasteiger charge is 2.39. The molecule has 0 saturated carbocycles. The first kappa shape index (κ1) is 17.4. The highest BCUT2D eigenvalue weighted by atomic mass is 16.2. The van der Waals surface area contributed by atoms with Crippen molar-refractivity contribution in [1.82, 2.24) is 15.2 Å². The normalized spacial score (nSPS) is 18.8. The van der Waals surface area contributed by atoms with E-state index in [0.717, 1.165) is 27.6 Å². The van der Waals surface area contributed by atoms with Crippen molar-refractivity contribution >= 4 is 34.4 Å². The second-order valence-electron chi connectivity index (χ2n) is 7.38. The van der Waals surface area contributed by atoms with E-state index in [-0.39, 0.29) is 18.2 Å². The number of amides is 3. The van der Waals surface area contributed by atoms with Crippen LogP contribution in [0.3, 0.4) is 0 Å². The molecule has 7 heteroatoms. The van der Waals surface area contributed by atoms with E-state index in [1.807, 2.05) is 36.4 Å². The molecule has 0 bridgehead atoms. The largest absolute Gasteiger partial charge is 0.384 e. The van der Waals surface area contributed by atoms with Crippen molar-refractivity contribution < 1.29 is 14.4 Å². The number of piperidine rings is 1. The van der Waals surface area contributed by atoms with Gasteiger partial charge in [-0.25, -0.2) is 4.98 Å². The molecule has 3 heterocycles. The molecule has 3 amide bonds. The van der Waals surface area contributed by atoms with Gasteiger partial charge >= 0.3 is 0 Å². The van der Waals surface area contributed by atoms with Crippen LogP contribution in [0.2, 0.25) is 0 Å². The van der Waals surface area contributed by atoms with E-state index in [2.05, 4.69) is 10.3 Å². The van der Waals surface area contributed by atoms with Crippen LogP contribution in [0.25, 0.3) is 22.0 Å². The monoisotopic (exact) mass is 386 g/mol. The molecular formula is C22H18N4O3. The summed E-state index contributed by atoms with van der Waals surface area (Å²) in [5.41, 5.74) is 9.98. The molecule has 0 radical (unpaired) electrons. The number of nitrogen functional groups attached to an aromatic ring is 1. The summed E-state index contributed by atoms with van der Waals surface area (Å²) in [6.07, 6.45) is 0.590. The Balaban J connectivity index is 1.54. The van der Waals surface area contributed by atoms with Gasteiger partial charge in [0.1, 0.15) is 11.9 Å². The van der Waals surface area contributed by atoms with Crippen molar-refractivity contribution in [2.75, 3.05) is 5.73 Å². The number of nitrogens with one attached hydrogen (secondary N) is 1. The van der Waals surface area contributed by atoms with E-state index in [0.29, 0.717) is 24.3 Å². The lowest BCUT2D eigenvalue weighted by molar-refractivity contribution is -0.136. The molecule has 1 aromatic heterocycles. The third-order valence-electron chi connectivity index (χ3n) is 5.60. The summed E-state index contributed by atoms with van der Waals surface area (Å²) in [6.45, 7) is 0.342. The third-order valence-corrected chi connectivity index (χ3v) is 5.60. The van der Waals surface area contributed by atoms with Gasteiger partial charge in [0.2, 0.25) is 11.8 Å². The summed E-state index contributed by atoms with van der Waals surface area (Å²) in [5.74, 6) is -0.400. The molecule has 3 aromatic rings. The molecule has 0 aliphatic carbocycles. The van der Waals surface area contributed by atoms with Gasteiger partial charge in [-0.15, -0.1) is 0 Å². The van der Waals surface area contributed by atoms with Gasteiger partial charge in [-0.05, 0) is 53.4 Å². The standard InChI is InChI=1S/C22H18N4O3/c23-19-8-5-13-10-12(4-6-17(13)24-19)14-2-1-3-15-16(14)11-26(22(15)29)18-7-9-20(27)25-21(18)28/h1-6,8,10,18H,7,9,11H2,(H2,23,24)(H,25,27,28). The first-order valence-electron chi connectivity index (χ1n) is 9.44.